The van der Waals surface area contributed by atoms with Gasteiger partial charge in [0, 0.05) is 12.6 Å². The number of amides is 1. The van der Waals surface area contributed by atoms with Gasteiger partial charge >= 0.3 is 0 Å². The number of rotatable bonds is 2. The molecule has 4 rings (SSSR count). The molecule has 6 nitrogen and oxygen atoms in total. The Morgan fingerprint density at radius 3 is 2.54 bits per heavy atom. The Kier molecular flexibility index (Phi) is 3.30. The zero-order valence-electron chi connectivity index (χ0n) is 13.4. The second kappa shape index (κ2) is 5.49. The van der Waals surface area contributed by atoms with E-state index in [4.69, 9.17) is 4.74 Å². The van der Waals surface area contributed by atoms with Crippen LogP contribution < -0.4 is 4.74 Å². The maximum atomic E-state index is 12.6. The van der Waals surface area contributed by atoms with Crippen molar-refractivity contribution >= 4 is 5.91 Å². The van der Waals surface area contributed by atoms with Gasteiger partial charge < -0.3 is 9.64 Å². The summed E-state index contributed by atoms with van der Waals surface area (Å²) in [5.74, 6) is 0.703. The first-order valence-electron chi connectivity index (χ1n) is 7.63. The maximum absolute atomic E-state index is 12.6. The van der Waals surface area contributed by atoms with Crippen LogP contribution in [0.1, 0.15) is 16.1 Å². The predicted octanol–water partition coefficient (Wildman–Crippen LogP) is 2.53. The van der Waals surface area contributed by atoms with Crippen molar-refractivity contribution in [2.24, 2.45) is 0 Å². The molecule has 0 fully saturated rings. The first-order chi connectivity index (χ1) is 11.7. The number of nitrogens with zero attached hydrogens (tertiary/aromatic N) is 4. The number of carbonyl (C=O) groups is 1. The van der Waals surface area contributed by atoms with Gasteiger partial charge in [0.25, 0.3) is 5.91 Å². The Morgan fingerprint density at radius 1 is 1.04 bits per heavy atom. The highest BCUT2D eigenvalue weighted by Gasteiger charge is 2.28. The fourth-order valence-corrected chi connectivity index (χ4v) is 3.03. The lowest BCUT2D eigenvalue weighted by atomic mass is 10.1. The minimum Gasteiger partial charge on any atom is -0.496 e. The van der Waals surface area contributed by atoms with Crippen LogP contribution in [0.3, 0.4) is 0 Å². The van der Waals surface area contributed by atoms with Crippen LogP contribution in [0.25, 0.3) is 16.9 Å². The molecular weight excluding hydrogens is 304 g/mol. The van der Waals surface area contributed by atoms with Crippen LogP contribution in [-0.2, 0) is 6.54 Å². The van der Waals surface area contributed by atoms with Gasteiger partial charge in [0.05, 0.1) is 30.6 Å². The third kappa shape index (κ3) is 2.07. The average molecular weight is 320 g/mol. The molecular formula is C18H16N4O2. The van der Waals surface area contributed by atoms with E-state index in [0.717, 1.165) is 28.4 Å². The van der Waals surface area contributed by atoms with Crippen LogP contribution in [0.4, 0.5) is 0 Å². The zero-order valence-corrected chi connectivity index (χ0v) is 13.4. The molecule has 1 aliphatic rings. The van der Waals surface area contributed by atoms with Crippen LogP contribution >= 0.6 is 0 Å². The van der Waals surface area contributed by atoms with Gasteiger partial charge in [-0.2, -0.15) is 0 Å². The highest BCUT2D eigenvalue weighted by atomic mass is 16.5. The number of hydrogen-bond acceptors (Lipinski definition) is 4. The molecule has 0 spiro atoms. The molecule has 0 unspecified atom stereocenters. The third-order valence-electron chi connectivity index (χ3n) is 4.22. The Balaban J connectivity index is 1.97. The molecule has 0 bridgehead atoms. The lowest BCUT2D eigenvalue weighted by Crippen LogP contribution is -2.25. The highest BCUT2D eigenvalue weighted by Crippen LogP contribution is 2.33. The lowest BCUT2D eigenvalue weighted by Gasteiger charge is -2.14. The Bertz CT molecular complexity index is 932. The normalized spacial score (nSPS) is 13.2. The summed E-state index contributed by atoms with van der Waals surface area (Å²) < 4.78 is 7.20. The molecule has 1 aliphatic heterocycles. The van der Waals surface area contributed by atoms with Crippen molar-refractivity contribution in [2.45, 2.75) is 6.54 Å². The molecule has 0 saturated carbocycles. The molecule has 0 atom stereocenters. The van der Waals surface area contributed by atoms with Crippen molar-refractivity contribution in [3.05, 3.63) is 59.8 Å². The Labute approximate surface area is 139 Å². The summed E-state index contributed by atoms with van der Waals surface area (Å²) >= 11 is 0. The van der Waals surface area contributed by atoms with Gasteiger partial charge in [-0.3, -0.25) is 4.79 Å². The molecule has 3 aromatic rings. The van der Waals surface area contributed by atoms with Crippen molar-refractivity contribution in [3.63, 3.8) is 0 Å². The topological polar surface area (TPSA) is 60.3 Å². The summed E-state index contributed by atoms with van der Waals surface area (Å²) in [6, 6.07) is 15.1. The van der Waals surface area contributed by atoms with Crippen molar-refractivity contribution in [3.8, 4) is 22.7 Å². The van der Waals surface area contributed by atoms with Gasteiger partial charge in [0.15, 0.2) is 0 Å². The van der Waals surface area contributed by atoms with E-state index in [1.807, 2.05) is 48.5 Å². The van der Waals surface area contributed by atoms with Crippen LogP contribution in [-0.4, -0.2) is 40.0 Å². The molecule has 0 saturated heterocycles. The summed E-state index contributed by atoms with van der Waals surface area (Å²) in [5, 5.41) is 8.68. The quantitative estimate of drug-likeness (QED) is 0.728. The van der Waals surface area contributed by atoms with Gasteiger partial charge in [-0.1, -0.05) is 29.5 Å². The summed E-state index contributed by atoms with van der Waals surface area (Å²) in [7, 11) is 3.42. The van der Waals surface area contributed by atoms with Gasteiger partial charge in [-0.25, -0.2) is 4.68 Å². The molecule has 1 aromatic heterocycles. The number of aromatic nitrogens is 3. The maximum Gasteiger partial charge on any atom is 0.256 e. The summed E-state index contributed by atoms with van der Waals surface area (Å²) in [6.07, 6.45) is 0. The first-order valence-corrected chi connectivity index (χ1v) is 7.63. The van der Waals surface area contributed by atoms with Crippen LogP contribution in [0, 0.1) is 0 Å². The van der Waals surface area contributed by atoms with Crippen LogP contribution in [0.5, 0.6) is 5.75 Å². The third-order valence-corrected chi connectivity index (χ3v) is 4.22. The molecule has 24 heavy (non-hydrogen) atoms. The number of benzene rings is 2. The van der Waals surface area contributed by atoms with Crippen molar-refractivity contribution in [1.29, 1.82) is 0 Å². The lowest BCUT2D eigenvalue weighted by molar-refractivity contribution is 0.0788. The summed E-state index contributed by atoms with van der Waals surface area (Å²) in [4.78, 5) is 14.3. The Morgan fingerprint density at radius 2 is 1.75 bits per heavy atom. The fourth-order valence-electron chi connectivity index (χ4n) is 3.03. The minimum absolute atomic E-state index is 0.0259. The smallest absolute Gasteiger partial charge is 0.256 e. The number of para-hydroxylation sites is 2. The van der Waals surface area contributed by atoms with E-state index >= 15 is 0 Å². The number of hydrogen-bond donors (Lipinski definition) is 0. The van der Waals surface area contributed by atoms with Crippen molar-refractivity contribution < 1.29 is 9.53 Å². The summed E-state index contributed by atoms with van der Waals surface area (Å²) in [6.45, 7) is 0.424. The standard InChI is InChI=1S/C18H16N4O2/c1-21-11-15-17(13-8-4-6-10-16(13)24-2)19-20-22(15)14-9-5-3-7-12(14)18(21)23/h3-10H,11H2,1-2H3. The molecule has 2 aromatic carbocycles. The van der Waals surface area contributed by atoms with Gasteiger partial charge in [-0.15, -0.1) is 5.10 Å². The molecule has 0 N–H and O–H groups in total. The average Bonchev–Trinajstić information content (AvgIpc) is 2.99. The molecule has 1 amide bonds. The van der Waals surface area contributed by atoms with E-state index in [9.17, 15) is 4.79 Å². The molecule has 0 aliphatic carbocycles. The van der Waals surface area contributed by atoms with Gasteiger partial charge in [-0.05, 0) is 24.3 Å². The fraction of sp³-hybridized carbons (Fsp3) is 0.167. The number of ether oxygens (including phenoxy) is 1. The van der Waals surface area contributed by atoms with E-state index < -0.39 is 0 Å². The highest BCUT2D eigenvalue weighted by molar-refractivity contribution is 5.98. The second-order valence-electron chi connectivity index (χ2n) is 5.68. The predicted molar refractivity (Wildman–Crippen MR) is 89.1 cm³/mol. The monoisotopic (exact) mass is 320 g/mol. The zero-order chi connectivity index (χ0) is 16.7. The van der Waals surface area contributed by atoms with Gasteiger partial charge in [0.1, 0.15) is 11.4 Å². The van der Waals surface area contributed by atoms with Crippen LogP contribution in [0.2, 0.25) is 0 Å². The van der Waals surface area contributed by atoms with Crippen molar-refractivity contribution in [2.75, 3.05) is 14.2 Å². The van der Waals surface area contributed by atoms with E-state index in [2.05, 4.69) is 10.3 Å². The van der Waals surface area contributed by atoms with Crippen LogP contribution in [0.15, 0.2) is 48.5 Å². The number of fused-ring (bicyclic) bond motifs is 3. The number of methoxy groups -OCH3 is 1. The van der Waals surface area contributed by atoms with Crippen molar-refractivity contribution in [1.82, 2.24) is 19.9 Å². The molecule has 0 radical (unpaired) electrons. The van der Waals surface area contributed by atoms with E-state index in [0.29, 0.717) is 12.1 Å². The second-order valence-corrected chi connectivity index (χ2v) is 5.68. The first kappa shape index (κ1) is 14.4. The largest absolute Gasteiger partial charge is 0.496 e. The molecule has 6 heteroatoms. The SMILES string of the molecule is COc1ccccc1-c1nnn2c1CN(C)C(=O)c1ccccc1-2. The molecule has 120 valence electrons. The summed E-state index contributed by atoms with van der Waals surface area (Å²) in [5.41, 5.74) is 3.82. The van der Waals surface area contributed by atoms with E-state index in [1.165, 1.54) is 0 Å². The van der Waals surface area contributed by atoms with Gasteiger partial charge in [0.2, 0.25) is 0 Å². The van der Waals surface area contributed by atoms with E-state index in [1.54, 1.807) is 23.7 Å². The number of carbonyl (C=O) groups excluding carboxylic acids is 1. The Hall–Kier alpha value is -3.15. The van der Waals surface area contributed by atoms with E-state index in [-0.39, 0.29) is 5.91 Å². The minimum atomic E-state index is -0.0259. The molecule has 2 heterocycles.